The van der Waals surface area contributed by atoms with E-state index < -0.39 is 10.0 Å². The highest BCUT2D eigenvalue weighted by atomic mass is 32.2. The number of nitrogens with two attached hydrogens (primary N) is 1. The largest absolute Gasteiger partial charge is 0.393 e. The van der Waals surface area contributed by atoms with Crippen LogP contribution < -0.4 is 10.0 Å². The molecule has 0 fully saturated rings. The van der Waals surface area contributed by atoms with Crippen LogP contribution in [0.25, 0.3) is 0 Å². The molecule has 0 amide bonds. The fourth-order valence-corrected chi connectivity index (χ4v) is 3.16. The molecule has 0 saturated carbocycles. The smallest absolute Gasteiger partial charge is 0.237 e. The second-order valence-electron chi connectivity index (χ2n) is 4.86. The molecule has 0 spiro atoms. The fourth-order valence-electron chi connectivity index (χ4n) is 1.73. The Morgan fingerprint density at radius 1 is 1.33 bits per heavy atom. The van der Waals surface area contributed by atoms with Crippen LogP contribution in [0.15, 0.2) is 30.3 Å². The van der Waals surface area contributed by atoms with E-state index in [1.807, 2.05) is 19.9 Å². The Kier molecular flexibility index (Phi) is 7.07. The van der Waals surface area contributed by atoms with Crippen molar-refractivity contribution in [2.24, 2.45) is 5.73 Å². The SMILES string of the molecule is CC(C)OCCS(=O)(=O)N(CCC(N)=S)c1ccccc1. The van der Waals surface area contributed by atoms with E-state index in [0.717, 1.165) is 0 Å². The standard InChI is InChI=1S/C14H22N2O3S2/c1-12(2)19-10-11-21(17,18)16(9-8-14(15)20)13-6-4-3-5-7-13/h3-7,12H,8-11H2,1-2H3,(H2,15,20). The Morgan fingerprint density at radius 3 is 2.48 bits per heavy atom. The third kappa shape index (κ3) is 6.41. The van der Waals surface area contributed by atoms with E-state index in [-0.39, 0.29) is 25.0 Å². The lowest BCUT2D eigenvalue weighted by atomic mass is 10.3. The maximum absolute atomic E-state index is 12.5. The van der Waals surface area contributed by atoms with Gasteiger partial charge in [-0.2, -0.15) is 0 Å². The van der Waals surface area contributed by atoms with E-state index >= 15 is 0 Å². The molecule has 0 aromatic heterocycles. The van der Waals surface area contributed by atoms with Gasteiger partial charge in [-0.05, 0) is 26.0 Å². The Bertz CT molecular complexity index is 545. The van der Waals surface area contributed by atoms with Crippen molar-refractivity contribution in [1.82, 2.24) is 0 Å². The van der Waals surface area contributed by atoms with Crippen molar-refractivity contribution in [1.29, 1.82) is 0 Å². The Morgan fingerprint density at radius 2 is 1.95 bits per heavy atom. The number of ether oxygens (including phenoxy) is 1. The highest BCUT2D eigenvalue weighted by molar-refractivity contribution is 7.92. The lowest BCUT2D eigenvalue weighted by molar-refractivity contribution is 0.0912. The van der Waals surface area contributed by atoms with E-state index in [1.165, 1.54) is 4.31 Å². The van der Waals surface area contributed by atoms with Crippen molar-refractivity contribution in [3.63, 3.8) is 0 Å². The number of rotatable bonds is 9. The van der Waals surface area contributed by atoms with Crippen molar-refractivity contribution in [3.05, 3.63) is 30.3 Å². The summed E-state index contributed by atoms with van der Waals surface area (Å²) in [6.45, 7) is 4.14. The monoisotopic (exact) mass is 330 g/mol. The quantitative estimate of drug-likeness (QED) is 0.700. The van der Waals surface area contributed by atoms with Gasteiger partial charge in [-0.25, -0.2) is 8.42 Å². The van der Waals surface area contributed by atoms with Crippen LogP contribution in [-0.4, -0.2) is 38.4 Å². The lowest BCUT2D eigenvalue weighted by Crippen LogP contribution is -2.36. The maximum Gasteiger partial charge on any atom is 0.237 e. The average molecular weight is 330 g/mol. The molecule has 5 nitrogen and oxygen atoms in total. The number of thiocarbonyl (C=S) groups is 1. The first-order valence-corrected chi connectivity index (χ1v) is 8.80. The first-order chi connectivity index (χ1) is 9.83. The van der Waals surface area contributed by atoms with Crippen molar-refractivity contribution >= 4 is 32.9 Å². The number of hydrogen-bond acceptors (Lipinski definition) is 4. The summed E-state index contributed by atoms with van der Waals surface area (Å²) in [6.07, 6.45) is 0.344. The molecule has 0 aliphatic rings. The van der Waals surface area contributed by atoms with E-state index in [0.29, 0.717) is 17.1 Å². The molecule has 0 aliphatic heterocycles. The van der Waals surface area contributed by atoms with Gasteiger partial charge in [0.1, 0.15) is 0 Å². The minimum Gasteiger partial charge on any atom is -0.393 e. The zero-order chi connectivity index (χ0) is 15.9. The third-order valence-corrected chi connectivity index (χ3v) is 4.69. The van der Waals surface area contributed by atoms with E-state index in [2.05, 4.69) is 0 Å². The van der Waals surface area contributed by atoms with Crippen molar-refractivity contribution in [3.8, 4) is 0 Å². The number of anilines is 1. The van der Waals surface area contributed by atoms with E-state index in [1.54, 1.807) is 24.3 Å². The van der Waals surface area contributed by atoms with Gasteiger partial charge in [-0.1, -0.05) is 30.4 Å². The van der Waals surface area contributed by atoms with Crippen LogP contribution in [0.5, 0.6) is 0 Å². The predicted molar refractivity (Wildman–Crippen MR) is 90.1 cm³/mol. The van der Waals surface area contributed by atoms with Crippen LogP contribution in [0.2, 0.25) is 0 Å². The summed E-state index contributed by atoms with van der Waals surface area (Å²) in [7, 11) is -3.47. The molecule has 0 aliphatic carbocycles. The number of nitrogens with zero attached hydrogens (tertiary/aromatic N) is 1. The van der Waals surface area contributed by atoms with Crippen molar-refractivity contribution in [2.75, 3.05) is 23.2 Å². The Balaban J connectivity index is 2.86. The van der Waals surface area contributed by atoms with Gasteiger partial charge in [-0.3, -0.25) is 4.31 Å². The van der Waals surface area contributed by atoms with Gasteiger partial charge in [0.15, 0.2) is 0 Å². The Labute approximate surface area is 132 Å². The van der Waals surface area contributed by atoms with Crippen LogP contribution in [0.4, 0.5) is 5.69 Å². The number of hydrogen-bond donors (Lipinski definition) is 1. The third-order valence-electron chi connectivity index (χ3n) is 2.73. The van der Waals surface area contributed by atoms with E-state index in [9.17, 15) is 8.42 Å². The minimum absolute atomic E-state index is 0.00185. The summed E-state index contributed by atoms with van der Waals surface area (Å²) >= 11 is 4.84. The molecule has 21 heavy (non-hydrogen) atoms. The summed E-state index contributed by atoms with van der Waals surface area (Å²) in [5, 5.41) is 0. The number of benzene rings is 1. The van der Waals surface area contributed by atoms with Gasteiger partial charge in [0.2, 0.25) is 10.0 Å². The van der Waals surface area contributed by atoms with Crippen LogP contribution in [-0.2, 0) is 14.8 Å². The van der Waals surface area contributed by atoms with Gasteiger partial charge in [0.25, 0.3) is 0 Å². The molecule has 2 N–H and O–H groups in total. The molecule has 0 unspecified atom stereocenters. The van der Waals surface area contributed by atoms with Crippen molar-refractivity contribution < 1.29 is 13.2 Å². The second-order valence-corrected chi connectivity index (χ2v) is 7.40. The first kappa shape index (κ1) is 17.9. The molecular weight excluding hydrogens is 308 g/mol. The molecule has 0 heterocycles. The highest BCUT2D eigenvalue weighted by Crippen LogP contribution is 2.18. The molecular formula is C14H22N2O3S2. The van der Waals surface area contributed by atoms with Crippen LogP contribution in [0, 0.1) is 0 Å². The average Bonchev–Trinajstić information content (AvgIpc) is 2.38. The zero-order valence-electron chi connectivity index (χ0n) is 12.4. The fraction of sp³-hybridized carbons (Fsp3) is 0.500. The molecule has 0 bridgehead atoms. The summed E-state index contributed by atoms with van der Waals surface area (Å²) in [6, 6.07) is 8.93. The summed E-state index contributed by atoms with van der Waals surface area (Å²) < 4.78 is 31.7. The highest BCUT2D eigenvalue weighted by Gasteiger charge is 2.22. The molecule has 1 aromatic carbocycles. The normalized spacial score (nSPS) is 11.6. The summed E-state index contributed by atoms with van der Waals surface area (Å²) in [5.41, 5.74) is 6.10. The summed E-state index contributed by atoms with van der Waals surface area (Å²) in [4.78, 5) is 0.296. The molecule has 7 heteroatoms. The molecule has 1 aromatic rings. The molecule has 0 radical (unpaired) electrons. The minimum atomic E-state index is -3.47. The zero-order valence-corrected chi connectivity index (χ0v) is 14.0. The van der Waals surface area contributed by atoms with E-state index in [4.69, 9.17) is 22.7 Å². The van der Waals surface area contributed by atoms with Gasteiger partial charge < -0.3 is 10.5 Å². The summed E-state index contributed by atoms with van der Waals surface area (Å²) in [5.74, 6) is -0.0720. The van der Waals surface area contributed by atoms with Crippen LogP contribution >= 0.6 is 12.2 Å². The molecule has 118 valence electrons. The maximum atomic E-state index is 12.5. The predicted octanol–water partition coefficient (Wildman–Crippen LogP) is 1.92. The van der Waals surface area contributed by atoms with Gasteiger partial charge >= 0.3 is 0 Å². The topological polar surface area (TPSA) is 72.6 Å². The van der Waals surface area contributed by atoms with Crippen LogP contribution in [0.3, 0.4) is 0 Å². The Hall–Kier alpha value is -1.18. The lowest BCUT2D eigenvalue weighted by Gasteiger charge is -2.24. The molecule has 0 atom stereocenters. The second kappa shape index (κ2) is 8.31. The van der Waals surface area contributed by atoms with Gasteiger partial charge in [0, 0.05) is 13.0 Å². The number of sulfonamides is 1. The van der Waals surface area contributed by atoms with Crippen LogP contribution in [0.1, 0.15) is 20.3 Å². The van der Waals surface area contributed by atoms with Crippen molar-refractivity contribution in [2.45, 2.75) is 26.4 Å². The first-order valence-electron chi connectivity index (χ1n) is 6.78. The van der Waals surface area contributed by atoms with Gasteiger partial charge in [0.05, 0.1) is 29.1 Å². The molecule has 0 saturated heterocycles. The van der Waals surface area contributed by atoms with Gasteiger partial charge in [-0.15, -0.1) is 0 Å². The molecule has 1 rings (SSSR count). The number of para-hydroxylation sites is 1.